The van der Waals surface area contributed by atoms with Crippen molar-refractivity contribution in [3.63, 3.8) is 0 Å². The molecule has 0 aliphatic heterocycles. The summed E-state index contributed by atoms with van der Waals surface area (Å²) in [6.45, 7) is 8.66. The van der Waals surface area contributed by atoms with Gasteiger partial charge in [0, 0.05) is 0 Å². The van der Waals surface area contributed by atoms with Crippen LogP contribution in [0.2, 0.25) is 9.02 Å². The number of aliphatic carboxylic acids is 3. The minimum Gasteiger partial charge on any atom is -0.547 e. The zero-order chi connectivity index (χ0) is 26.3. The van der Waals surface area contributed by atoms with Gasteiger partial charge in [0.2, 0.25) is 0 Å². The van der Waals surface area contributed by atoms with E-state index in [1.807, 2.05) is 0 Å². The smallest absolute Gasteiger partial charge is 0.547 e. The van der Waals surface area contributed by atoms with E-state index in [9.17, 15) is 29.7 Å². The monoisotopic (exact) mass is 712 g/mol. The molecule has 0 amide bonds. The van der Waals surface area contributed by atoms with Crippen LogP contribution in [0.25, 0.3) is 0 Å². The summed E-state index contributed by atoms with van der Waals surface area (Å²) in [6, 6.07) is 0. The van der Waals surface area contributed by atoms with Crippen molar-refractivity contribution in [2.45, 2.75) is 57.3 Å². The van der Waals surface area contributed by atoms with Gasteiger partial charge < -0.3 is 45.0 Å². The first-order valence-corrected chi connectivity index (χ1v) is 14.3. The third-order valence-electron chi connectivity index (χ3n) is 1.90. The molecule has 0 fully saturated rings. The van der Waals surface area contributed by atoms with Gasteiger partial charge in [0.25, 0.3) is 0 Å². The fraction of sp³-hybridized carbons (Fsp3) is 0.800. The average molecular weight is 716 g/mol. The number of hydrogen-bond acceptors (Lipinski definition) is 9. The van der Waals surface area contributed by atoms with Crippen LogP contribution in [-0.2, 0) is 64.2 Å². The van der Waals surface area contributed by atoms with E-state index in [1.54, 1.807) is 0 Å². The van der Waals surface area contributed by atoms with Gasteiger partial charge >= 0.3 is 86.6 Å². The van der Waals surface area contributed by atoms with Crippen LogP contribution in [0.1, 0.15) is 27.7 Å². The molecule has 32 heavy (non-hydrogen) atoms. The van der Waals surface area contributed by atoms with E-state index in [1.165, 1.54) is 0 Å². The molecule has 0 rings (SSSR count). The molecule has 0 aromatic carbocycles. The van der Waals surface area contributed by atoms with Crippen molar-refractivity contribution in [3.05, 3.63) is 0 Å². The standard InChI is InChI=1S/C3H8O3.2C3H7.3C2H2Cl2O2.Y.Zn/c4-1-3(6)2-5;2*1-3-2;3*3-1(4)2(5)6;;/h3-6H,1-2H2;2*3H,1-2H3;3*1H,(H,5,6);;/q;;;;;;+3;/p-3. The van der Waals surface area contributed by atoms with Crippen molar-refractivity contribution in [2.75, 3.05) is 13.2 Å². The Balaban J connectivity index is -0.0000000656. The fourth-order valence-corrected chi connectivity index (χ4v) is 4.96. The van der Waals surface area contributed by atoms with Crippen molar-refractivity contribution < 1.29 is 94.9 Å². The first kappa shape index (κ1) is 47.0. The number of hydrogen-bond donors (Lipinski definition) is 3. The molecule has 0 unspecified atom stereocenters. The molecule has 3 N–H and O–H groups in total. The van der Waals surface area contributed by atoms with E-state index < -0.39 is 38.5 Å². The third-order valence-corrected chi connectivity index (χ3v) is 6.92. The Hall–Kier alpha value is 1.76. The number of carbonyl (C=O) groups excluding carboxylic acids is 3. The maximum atomic E-state index is 9.32. The first-order valence-electron chi connectivity index (χ1n) is 8.23. The number of aliphatic hydroxyl groups excluding tert-OH is 3. The number of alkyl halides is 6. The number of rotatable bonds is 7. The summed E-state index contributed by atoms with van der Waals surface area (Å²) in [4.78, 5) is 23.8. The van der Waals surface area contributed by atoms with Crippen molar-refractivity contribution >= 4 is 87.5 Å². The van der Waals surface area contributed by atoms with Gasteiger partial charge in [0.1, 0.15) is 20.6 Å². The topological polar surface area (TPSA) is 181 Å². The minimum atomic E-state index is -1.46. The first-order chi connectivity index (χ1) is 13.9. The SMILES string of the molecule is C[CH](C)[Zn][CH](C)C.O=C([O-])C(Cl)Cl.O=C([O-])C(Cl)Cl.O=C([O-])C(Cl)Cl.OCC(O)CO.[Y+3]. The van der Waals surface area contributed by atoms with Crippen molar-refractivity contribution in [1.29, 1.82) is 0 Å². The van der Waals surface area contributed by atoms with E-state index in [0.717, 1.165) is 9.02 Å². The number of carboxylic acids is 3. The predicted octanol–water partition coefficient (Wildman–Crippen LogP) is -0.325. The molecule has 0 bridgehead atoms. The maximum Gasteiger partial charge on any atom is 3.00 e. The van der Waals surface area contributed by atoms with Gasteiger partial charge in [0.05, 0.1) is 31.1 Å². The Morgan fingerprint density at radius 1 is 0.688 bits per heavy atom. The second-order valence-corrected chi connectivity index (χ2v) is 17.0. The minimum absolute atomic E-state index is 0. The Morgan fingerprint density at radius 2 is 0.844 bits per heavy atom. The molecule has 186 valence electrons. The molecule has 0 aliphatic carbocycles. The summed E-state index contributed by atoms with van der Waals surface area (Å²) in [5, 5.41) is 52.0. The summed E-state index contributed by atoms with van der Waals surface area (Å²) < 4.78 is 2.12. The quantitative estimate of drug-likeness (QED) is 0.235. The Bertz CT molecular complexity index is 395. The van der Waals surface area contributed by atoms with Crippen LogP contribution in [0.5, 0.6) is 0 Å². The second-order valence-electron chi connectivity index (χ2n) is 5.90. The zero-order valence-corrected chi connectivity index (χ0v) is 28.1. The van der Waals surface area contributed by atoms with Crippen LogP contribution in [-0.4, -0.2) is 67.1 Å². The van der Waals surface area contributed by atoms with E-state index in [0.29, 0.717) is 0 Å². The normalized spacial score (nSPS) is 9.22. The van der Waals surface area contributed by atoms with Gasteiger partial charge in [0.15, 0.2) is 0 Å². The van der Waals surface area contributed by atoms with Crippen LogP contribution in [0.15, 0.2) is 0 Å². The van der Waals surface area contributed by atoms with Gasteiger partial charge in [-0.3, -0.25) is 0 Å². The third kappa shape index (κ3) is 63.5. The molecular weight excluding hydrogens is 691 g/mol. The molecule has 0 spiro atoms. The molecule has 17 heteroatoms. The van der Waals surface area contributed by atoms with Crippen molar-refractivity contribution in [3.8, 4) is 0 Å². The molecule has 0 aliphatic rings. The zero-order valence-electron chi connectivity index (χ0n) is 17.7. The molecule has 0 heterocycles. The molecule has 0 atom stereocenters. The predicted molar refractivity (Wildman–Crippen MR) is 112 cm³/mol. The summed E-state index contributed by atoms with van der Waals surface area (Å²) in [7, 11) is 0. The van der Waals surface area contributed by atoms with E-state index in [2.05, 4.69) is 27.7 Å². The van der Waals surface area contributed by atoms with Crippen LogP contribution in [0.3, 0.4) is 0 Å². The Labute approximate surface area is 250 Å². The largest absolute Gasteiger partial charge is 3.00 e. The summed E-state index contributed by atoms with van der Waals surface area (Å²) in [6.07, 6.45) is -0.954. The molecule has 0 aromatic heterocycles. The Morgan fingerprint density at radius 3 is 0.844 bits per heavy atom. The maximum absolute atomic E-state index is 9.32. The summed E-state index contributed by atoms with van der Waals surface area (Å²) in [5.41, 5.74) is 0. The molecule has 0 saturated heterocycles. The van der Waals surface area contributed by atoms with Crippen LogP contribution in [0.4, 0.5) is 0 Å². The second kappa shape index (κ2) is 32.8. The summed E-state index contributed by atoms with van der Waals surface area (Å²) in [5.74, 6) is -4.38. The summed E-state index contributed by atoms with van der Waals surface area (Å²) >= 11 is 28.2. The number of carbonyl (C=O) groups is 3. The van der Waals surface area contributed by atoms with E-state index in [-0.39, 0.29) is 63.0 Å². The van der Waals surface area contributed by atoms with Crippen LogP contribution < -0.4 is 15.3 Å². The van der Waals surface area contributed by atoms with Gasteiger partial charge in [-0.05, 0) is 0 Å². The molecular formula is C15H25Cl6O9YZn. The Kier molecular flexibility index (Phi) is 48.1. The van der Waals surface area contributed by atoms with Crippen molar-refractivity contribution in [2.24, 2.45) is 0 Å². The van der Waals surface area contributed by atoms with Gasteiger partial charge in [-0.25, -0.2) is 0 Å². The molecule has 0 aromatic rings. The average Bonchev–Trinajstić information content (AvgIpc) is 2.61. The van der Waals surface area contributed by atoms with Crippen LogP contribution in [0, 0.1) is 0 Å². The van der Waals surface area contributed by atoms with Crippen LogP contribution >= 0.6 is 69.6 Å². The number of halogens is 6. The van der Waals surface area contributed by atoms with E-state index >= 15 is 0 Å². The van der Waals surface area contributed by atoms with Gasteiger partial charge in [-0.1, -0.05) is 69.6 Å². The van der Waals surface area contributed by atoms with Gasteiger partial charge in [-0.2, -0.15) is 0 Å². The van der Waals surface area contributed by atoms with Gasteiger partial charge in [-0.15, -0.1) is 0 Å². The van der Waals surface area contributed by atoms with Crippen molar-refractivity contribution in [1.82, 2.24) is 0 Å². The number of carboxylic acid groups (broad SMARTS) is 3. The molecule has 0 radical (unpaired) electrons. The molecule has 0 saturated carbocycles. The number of aliphatic hydroxyl groups is 3. The molecule has 9 nitrogen and oxygen atoms in total. The van der Waals surface area contributed by atoms with E-state index in [4.69, 9.17) is 84.9 Å². The fourth-order valence-electron chi connectivity index (χ4n) is 1.00.